The lowest BCUT2D eigenvalue weighted by Crippen LogP contribution is -2.38. The second-order valence-electron chi connectivity index (χ2n) is 10.7. The van der Waals surface area contributed by atoms with Crippen LogP contribution in [0.3, 0.4) is 0 Å². The fourth-order valence-electron chi connectivity index (χ4n) is 5.64. The van der Waals surface area contributed by atoms with Gasteiger partial charge in [-0.1, -0.05) is 31.0 Å². The average molecular weight is 618 g/mol. The van der Waals surface area contributed by atoms with Crippen molar-refractivity contribution < 1.29 is 28.6 Å². The number of nitrogens with one attached hydrogen (secondary N) is 2. The predicted octanol–water partition coefficient (Wildman–Crippen LogP) is 6.63. The summed E-state index contributed by atoms with van der Waals surface area (Å²) in [5.74, 6) is -1.42. The van der Waals surface area contributed by atoms with Gasteiger partial charge in [0.25, 0.3) is 0 Å². The summed E-state index contributed by atoms with van der Waals surface area (Å²) in [5.41, 5.74) is 3.02. The summed E-state index contributed by atoms with van der Waals surface area (Å²) in [7, 11) is 1.48. The molecule has 3 aromatic rings. The number of carbonyl (C=O) groups is 3. The molecule has 2 bridgehead atoms. The van der Waals surface area contributed by atoms with Crippen molar-refractivity contribution >= 4 is 46.5 Å². The van der Waals surface area contributed by atoms with E-state index in [0.29, 0.717) is 53.2 Å². The van der Waals surface area contributed by atoms with Crippen LogP contribution < -0.4 is 15.4 Å². The summed E-state index contributed by atoms with van der Waals surface area (Å²) in [4.78, 5) is 44.5. The zero-order valence-corrected chi connectivity index (χ0v) is 24.7. The van der Waals surface area contributed by atoms with Gasteiger partial charge in [-0.25, -0.2) is 14.2 Å². The van der Waals surface area contributed by atoms with Gasteiger partial charge in [-0.15, -0.1) is 0 Å². The molecular formula is C32H29ClFN5O5. The van der Waals surface area contributed by atoms with Gasteiger partial charge in [-0.05, 0) is 60.7 Å². The highest BCUT2D eigenvalue weighted by atomic mass is 35.5. The summed E-state index contributed by atoms with van der Waals surface area (Å²) in [6.07, 6.45) is 1.99. The van der Waals surface area contributed by atoms with Crippen molar-refractivity contribution in [3.05, 3.63) is 76.2 Å². The van der Waals surface area contributed by atoms with Crippen LogP contribution in [0.4, 0.5) is 20.6 Å². The summed E-state index contributed by atoms with van der Waals surface area (Å²) >= 11 is 6.01. The van der Waals surface area contributed by atoms with Gasteiger partial charge < -0.3 is 20.1 Å². The Kier molecular flexibility index (Phi) is 8.83. The molecule has 0 fully saturated rings. The lowest BCUT2D eigenvalue weighted by atomic mass is 9.91. The molecule has 3 amide bonds. The molecule has 2 aromatic carbocycles. The molecule has 5 rings (SSSR count). The van der Waals surface area contributed by atoms with E-state index in [2.05, 4.69) is 10.6 Å². The molecule has 12 heteroatoms. The topological polar surface area (TPSA) is 145 Å². The lowest BCUT2D eigenvalue weighted by molar-refractivity contribution is -0.129. The van der Waals surface area contributed by atoms with Crippen LogP contribution in [0.15, 0.2) is 48.5 Å². The normalized spacial score (nSPS) is 18.5. The van der Waals surface area contributed by atoms with E-state index in [1.807, 2.05) is 19.1 Å². The van der Waals surface area contributed by atoms with Crippen molar-refractivity contribution in [2.24, 2.45) is 5.92 Å². The number of nitriles is 1. The Labute approximate surface area is 258 Å². The first-order valence-electron chi connectivity index (χ1n) is 14.0. The number of fused-ring (bicyclic) bond motifs is 4. The average Bonchev–Trinajstić information content (AvgIpc) is 3.00. The van der Waals surface area contributed by atoms with Gasteiger partial charge >= 0.3 is 6.09 Å². The number of benzene rings is 2. The minimum atomic E-state index is -1.24. The lowest BCUT2D eigenvalue weighted by Gasteiger charge is -2.35. The largest absolute Gasteiger partial charge is 0.481 e. The van der Waals surface area contributed by atoms with E-state index in [1.54, 1.807) is 29.2 Å². The Balaban J connectivity index is 1.59. The number of rotatable bonds is 4. The van der Waals surface area contributed by atoms with Crippen molar-refractivity contribution in [2.75, 3.05) is 24.3 Å². The van der Waals surface area contributed by atoms with E-state index >= 15 is 4.39 Å². The molecule has 0 spiro atoms. The van der Waals surface area contributed by atoms with Crippen LogP contribution in [0.1, 0.15) is 55.5 Å². The van der Waals surface area contributed by atoms with Crippen LogP contribution >= 0.6 is 11.6 Å². The van der Waals surface area contributed by atoms with Gasteiger partial charge in [-0.2, -0.15) is 5.26 Å². The molecule has 0 saturated carbocycles. The Morgan fingerprint density at radius 2 is 2.02 bits per heavy atom. The van der Waals surface area contributed by atoms with Crippen LogP contribution in [0.25, 0.3) is 16.7 Å². The van der Waals surface area contributed by atoms with Crippen LogP contribution in [0.5, 0.6) is 5.88 Å². The zero-order chi connectivity index (χ0) is 31.5. The first-order chi connectivity index (χ1) is 21.1. The molecule has 1 aromatic heterocycles. The van der Waals surface area contributed by atoms with Gasteiger partial charge in [0.05, 0.1) is 41.2 Å². The maximum absolute atomic E-state index is 15.0. The molecule has 0 unspecified atom stereocenters. The molecule has 0 saturated heterocycles. The number of methoxy groups -OCH3 is 1. The van der Waals surface area contributed by atoms with Crippen molar-refractivity contribution in [2.45, 2.75) is 38.6 Å². The van der Waals surface area contributed by atoms with Gasteiger partial charge in [0.2, 0.25) is 17.7 Å². The van der Waals surface area contributed by atoms with Crippen molar-refractivity contribution in [3.63, 3.8) is 0 Å². The van der Waals surface area contributed by atoms with E-state index in [4.69, 9.17) is 21.3 Å². The van der Waals surface area contributed by atoms with Gasteiger partial charge in [0, 0.05) is 41.4 Å². The molecule has 2 atom stereocenters. The summed E-state index contributed by atoms with van der Waals surface area (Å²) in [6.45, 7) is 2.04. The van der Waals surface area contributed by atoms with Crippen LogP contribution in [-0.4, -0.2) is 46.6 Å². The molecule has 0 aliphatic carbocycles. The van der Waals surface area contributed by atoms with Crippen molar-refractivity contribution in [3.8, 4) is 23.1 Å². The number of pyridine rings is 1. The standard InChI is InChI=1S/C32H29ClFN5O5/c1-17-4-3-5-26(39-11-10-18(14-28(39)40)29-19(16-35)6-9-23(33)30(29)34)25-12-20(13-27(37-25)44-2)22-8-7-21(36-32(42)43)15-24(22)38-31(17)41/h6-9,12-15,17,26,36H,3-5,10-11H2,1-2H3,(H,38,41)(H,42,43)/t17-,26+/m1/s1. The molecule has 3 N–H and O–H groups in total. The number of ether oxygens (including phenoxy) is 1. The van der Waals surface area contributed by atoms with Crippen LogP contribution in [-0.2, 0) is 9.59 Å². The zero-order valence-electron chi connectivity index (χ0n) is 24.0. The Morgan fingerprint density at radius 3 is 2.73 bits per heavy atom. The number of carboxylic acid groups (broad SMARTS) is 1. The third kappa shape index (κ3) is 6.21. The first-order valence-corrected chi connectivity index (χ1v) is 14.4. The summed E-state index contributed by atoms with van der Waals surface area (Å²) < 4.78 is 20.6. The number of amides is 3. The minimum absolute atomic E-state index is 0.0293. The molecule has 2 aliphatic heterocycles. The highest BCUT2D eigenvalue weighted by Gasteiger charge is 2.32. The fraction of sp³-hybridized carbons (Fsp3) is 0.281. The molecule has 226 valence electrons. The number of anilines is 2. The van der Waals surface area contributed by atoms with E-state index < -0.39 is 18.0 Å². The first kappa shape index (κ1) is 30.5. The molecule has 3 heterocycles. The second-order valence-corrected chi connectivity index (χ2v) is 11.1. The maximum Gasteiger partial charge on any atom is 0.409 e. The molecule has 10 nitrogen and oxygen atoms in total. The van der Waals surface area contributed by atoms with E-state index in [1.165, 1.54) is 25.3 Å². The van der Waals surface area contributed by atoms with Gasteiger partial charge in [0.15, 0.2) is 5.82 Å². The van der Waals surface area contributed by atoms with E-state index in [0.717, 1.165) is 0 Å². The Bertz CT molecular complexity index is 1740. The maximum atomic E-state index is 15.0. The van der Waals surface area contributed by atoms with E-state index in [-0.39, 0.29) is 52.5 Å². The highest BCUT2D eigenvalue weighted by molar-refractivity contribution is 6.31. The van der Waals surface area contributed by atoms with E-state index in [9.17, 15) is 24.8 Å². The van der Waals surface area contributed by atoms with Gasteiger partial charge in [0.1, 0.15) is 0 Å². The number of hydrogen-bond acceptors (Lipinski definition) is 6. The number of halogens is 2. The van der Waals surface area contributed by atoms with Crippen molar-refractivity contribution in [1.29, 1.82) is 5.26 Å². The monoisotopic (exact) mass is 617 g/mol. The second kappa shape index (κ2) is 12.7. The Morgan fingerprint density at radius 1 is 1.23 bits per heavy atom. The van der Waals surface area contributed by atoms with Gasteiger partial charge in [-0.3, -0.25) is 14.9 Å². The quantitative estimate of drug-likeness (QED) is 0.298. The minimum Gasteiger partial charge on any atom is -0.481 e. The number of nitrogens with zero attached hydrogens (tertiary/aromatic N) is 3. The summed E-state index contributed by atoms with van der Waals surface area (Å²) in [5, 5.41) is 23.9. The smallest absolute Gasteiger partial charge is 0.409 e. The number of carbonyl (C=O) groups excluding carboxylic acids is 2. The highest BCUT2D eigenvalue weighted by Crippen LogP contribution is 2.39. The SMILES string of the molecule is COc1cc2cc(n1)[C@@H](N1CCC(c3c(C#N)ccc(Cl)c3F)=CC1=O)CCC[C@@H](C)C(=O)Nc1cc(NC(=O)O)ccc1-2. The molecule has 0 radical (unpaired) electrons. The van der Waals surface area contributed by atoms with Crippen LogP contribution in [0.2, 0.25) is 5.02 Å². The van der Waals surface area contributed by atoms with Crippen LogP contribution in [0, 0.1) is 23.1 Å². The number of hydrogen-bond donors (Lipinski definition) is 3. The summed E-state index contributed by atoms with van der Waals surface area (Å²) in [6, 6.07) is 12.6. The molecule has 2 aliphatic rings. The Hall–Kier alpha value is -4.95. The predicted molar refractivity (Wildman–Crippen MR) is 163 cm³/mol. The molecular weight excluding hydrogens is 589 g/mol. The number of aromatic nitrogens is 1. The third-order valence-electron chi connectivity index (χ3n) is 7.89. The third-order valence-corrected chi connectivity index (χ3v) is 8.18. The molecule has 44 heavy (non-hydrogen) atoms. The van der Waals surface area contributed by atoms with Crippen molar-refractivity contribution in [1.82, 2.24) is 9.88 Å². The fourth-order valence-corrected chi connectivity index (χ4v) is 5.80.